The Balaban J connectivity index is 2.73. The van der Waals surface area contributed by atoms with Crippen LogP contribution in [0.3, 0.4) is 0 Å². The fraction of sp³-hybridized carbons (Fsp3) is 0.400. The van der Waals surface area contributed by atoms with Gasteiger partial charge in [0.05, 0.1) is 30.9 Å². The number of hydrogen-bond acceptors (Lipinski definition) is 7. The quantitative estimate of drug-likeness (QED) is 0.744. The third-order valence-electron chi connectivity index (χ3n) is 2.61. The van der Waals surface area contributed by atoms with Crippen LogP contribution in [-0.2, 0) is 14.3 Å². The number of carbonyl (C=O) groups is 3. The highest BCUT2D eigenvalue weighted by atomic mass is 35.5. The highest BCUT2D eigenvalue weighted by molar-refractivity contribution is 6.32. The minimum Gasteiger partial charge on any atom is -0.493 e. The first-order chi connectivity index (χ1) is 11.4. The Morgan fingerprint density at radius 1 is 1.12 bits per heavy atom. The number of amides is 2. The van der Waals surface area contributed by atoms with Crippen molar-refractivity contribution in [2.75, 3.05) is 26.9 Å². The van der Waals surface area contributed by atoms with E-state index in [2.05, 4.69) is 4.74 Å². The lowest BCUT2D eigenvalue weighted by molar-refractivity contribution is -0.123. The summed E-state index contributed by atoms with van der Waals surface area (Å²) in [7, 11) is 1.40. The van der Waals surface area contributed by atoms with Crippen LogP contribution in [0.15, 0.2) is 12.1 Å². The summed E-state index contributed by atoms with van der Waals surface area (Å²) in [5, 5.41) is 2.07. The van der Waals surface area contributed by atoms with E-state index >= 15 is 0 Å². The van der Waals surface area contributed by atoms with Gasteiger partial charge in [0, 0.05) is 0 Å². The molecule has 1 aromatic carbocycles. The summed E-state index contributed by atoms with van der Waals surface area (Å²) in [5.74, 6) is -1.06. The number of esters is 1. The minimum atomic E-state index is -0.913. The second-order valence-corrected chi connectivity index (χ2v) is 4.67. The lowest BCUT2D eigenvalue weighted by Crippen LogP contribution is -2.34. The summed E-state index contributed by atoms with van der Waals surface area (Å²) >= 11 is 6.05. The van der Waals surface area contributed by atoms with E-state index in [1.54, 1.807) is 13.8 Å². The van der Waals surface area contributed by atoms with Crippen molar-refractivity contribution in [1.29, 1.82) is 0 Å². The number of halogens is 1. The first-order valence-corrected chi connectivity index (χ1v) is 7.44. The SMILES string of the molecule is CCOC(=O)NC(=O)COC(=O)c1cc(Cl)c(OCC)c(OC)c1. The van der Waals surface area contributed by atoms with Crippen molar-refractivity contribution < 1.29 is 33.3 Å². The zero-order valence-corrected chi connectivity index (χ0v) is 14.3. The monoisotopic (exact) mass is 359 g/mol. The van der Waals surface area contributed by atoms with Crippen LogP contribution in [0.4, 0.5) is 4.79 Å². The van der Waals surface area contributed by atoms with Gasteiger partial charge in [0.15, 0.2) is 18.1 Å². The van der Waals surface area contributed by atoms with E-state index in [1.165, 1.54) is 19.2 Å². The first kappa shape index (κ1) is 19.6. The zero-order valence-electron chi connectivity index (χ0n) is 13.5. The second kappa shape index (κ2) is 9.61. The summed E-state index contributed by atoms with van der Waals surface area (Å²) in [6.45, 7) is 3.20. The molecule has 132 valence electrons. The number of ether oxygens (including phenoxy) is 4. The molecular formula is C15H18ClNO7. The van der Waals surface area contributed by atoms with Gasteiger partial charge in [-0.25, -0.2) is 9.59 Å². The number of nitrogens with one attached hydrogen (secondary N) is 1. The summed E-state index contributed by atoms with van der Waals surface area (Å²) in [6.07, 6.45) is -0.913. The Morgan fingerprint density at radius 2 is 1.83 bits per heavy atom. The van der Waals surface area contributed by atoms with Gasteiger partial charge in [-0.05, 0) is 26.0 Å². The predicted octanol–water partition coefficient (Wildman–Crippen LogP) is 2.18. The van der Waals surface area contributed by atoms with Crippen LogP contribution in [0.1, 0.15) is 24.2 Å². The molecule has 0 radical (unpaired) electrons. The molecule has 9 heteroatoms. The average molecular weight is 360 g/mol. The summed E-state index contributed by atoms with van der Waals surface area (Å²) < 4.78 is 19.8. The van der Waals surface area contributed by atoms with Gasteiger partial charge < -0.3 is 18.9 Å². The third kappa shape index (κ3) is 5.62. The smallest absolute Gasteiger partial charge is 0.413 e. The number of imide groups is 1. The van der Waals surface area contributed by atoms with E-state index < -0.39 is 24.6 Å². The number of hydrogen-bond donors (Lipinski definition) is 1. The molecule has 0 aliphatic heterocycles. The van der Waals surface area contributed by atoms with Gasteiger partial charge in [0.2, 0.25) is 0 Å². The molecule has 0 bridgehead atoms. The Morgan fingerprint density at radius 3 is 2.42 bits per heavy atom. The number of carbonyl (C=O) groups excluding carboxylic acids is 3. The number of alkyl carbamates (subject to hydrolysis) is 1. The largest absolute Gasteiger partial charge is 0.493 e. The highest BCUT2D eigenvalue weighted by Crippen LogP contribution is 2.36. The molecule has 0 heterocycles. The molecule has 0 aliphatic carbocycles. The van der Waals surface area contributed by atoms with Crippen LogP contribution >= 0.6 is 11.6 Å². The molecule has 8 nitrogen and oxygen atoms in total. The van der Waals surface area contributed by atoms with Crippen LogP contribution in [0, 0.1) is 0 Å². The number of rotatable bonds is 7. The van der Waals surface area contributed by atoms with Crippen molar-refractivity contribution in [2.24, 2.45) is 0 Å². The van der Waals surface area contributed by atoms with Crippen LogP contribution in [0.2, 0.25) is 5.02 Å². The number of benzene rings is 1. The number of methoxy groups -OCH3 is 1. The van der Waals surface area contributed by atoms with Crippen molar-refractivity contribution >= 4 is 29.6 Å². The molecule has 0 spiro atoms. The molecule has 24 heavy (non-hydrogen) atoms. The fourth-order valence-corrected chi connectivity index (χ4v) is 1.92. The zero-order chi connectivity index (χ0) is 18.1. The Bertz CT molecular complexity index is 618. The van der Waals surface area contributed by atoms with Crippen molar-refractivity contribution in [2.45, 2.75) is 13.8 Å². The van der Waals surface area contributed by atoms with Gasteiger partial charge in [0.25, 0.3) is 5.91 Å². The predicted molar refractivity (Wildman–Crippen MR) is 84.6 cm³/mol. The molecule has 0 atom stereocenters. The molecule has 1 rings (SSSR count). The van der Waals surface area contributed by atoms with E-state index in [4.69, 9.17) is 25.8 Å². The second-order valence-electron chi connectivity index (χ2n) is 4.27. The topological polar surface area (TPSA) is 100 Å². The van der Waals surface area contributed by atoms with Crippen molar-refractivity contribution in [3.8, 4) is 11.5 Å². The van der Waals surface area contributed by atoms with Gasteiger partial charge in [0.1, 0.15) is 0 Å². The maximum atomic E-state index is 12.0. The van der Waals surface area contributed by atoms with Crippen molar-refractivity contribution in [1.82, 2.24) is 5.32 Å². The van der Waals surface area contributed by atoms with Crippen LogP contribution in [0.5, 0.6) is 11.5 Å². The van der Waals surface area contributed by atoms with Gasteiger partial charge in [-0.3, -0.25) is 10.1 Å². The van der Waals surface area contributed by atoms with E-state index in [0.717, 1.165) is 0 Å². The molecule has 0 aliphatic rings. The highest BCUT2D eigenvalue weighted by Gasteiger charge is 2.18. The summed E-state index contributed by atoms with van der Waals surface area (Å²) in [6, 6.07) is 2.71. The lowest BCUT2D eigenvalue weighted by atomic mass is 10.2. The molecule has 1 N–H and O–H groups in total. The molecule has 0 fully saturated rings. The molecule has 0 aromatic heterocycles. The van der Waals surface area contributed by atoms with E-state index in [-0.39, 0.29) is 22.9 Å². The molecule has 0 saturated heterocycles. The van der Waals surface area contributed by atoms with E-state index in [9.17, 15) is 14.4 Å². The van der Waals surface area contributed by atoms with Gasteiger partial charge in [-0.2, -0.15) is 0 Å². The van der Waals surface area contributed by atoms with E-state index in [0.29, 0.717) is 12.4 Å². The maximum absolute atomic E-state index is 12.0. The lowest BCUT2D eigenvalue weighted by Gasteiger charge is -2.12. The van der Waals surface area contributed by atoms with Crippen molar-refractivity contribution in [3.05, 3.63) is 22.7 Å². The van der Waals surface area contributed by atoms with Crippen LogP contribution in [-0.4, -0.2) is 44.9 Å². The Labute approximate surface area is 144 Å². The first-order valence-electron chi connectivity index (χ1n) is 7.06. The molecular weight excluding hydrogens is 342 g/mol. The van der Waals surface area contributed by atoms with Crippen LogP contribution in [0.25, 0.3) is 0 Å². The van der Waals surface area contributed by atoms with E-state index in [1.807, 2.05) is 5.32 Å². The third-order valence-corrected chi connectivity index (χ3v) is 2.89. The van der Waals surface area contributed by atoms with Crippen molar-refractivity contribution in [3.63, 3.8) is 0 Å². The van der Waals surface area contributed by atoms with Gasteiger partial charge >= 0.3 is 12.1 Å². The molecule has 0 unspecified atom stereocenters. The molecule has 1 aromatic rings. The fourth-order valence-electron chi connectivity index (χ4n) is 1.65. The standard InChI is InChI=1S/C15H18ClNO7/c1-4-22-13-10(16)6-9(7-11(13)21-3)14(19)24-8-12(18)17-15(20)23-5-2/h6-7H,4-5,8H2,1-3H3,(H,17,18,20). The normalized spacial score (nSPS) is 9.83. The van der Waals surface area contributed by atoms with Crippen LogP contribution < -0.4 is 14.8 Å². The molecule has 0 saturated carbocycles. The summed E-state index contributed by atoms with van der Waals surface area (Å²) in [4.78, 5) is 34.5. The maximum Gasteiger partial charge on any atom is 0.413 e. The summed E-state index contributed by atoms with van der Waals surface area (Å²) in [5.41, 5.74) is 0.0734. The molecule has 2 amide bonds. The Kier molecular flexibility index (Phi) is 7.84. The Hall–Kier alpha value is -2.48. The average Bonchev–Trinajstić information content (AvgIpc) is 2.54. The van der Waals surface area contributed by atoms with Gasteiger partial charge in [-0.15, -0.1) is 0 Å². The minimum absolute atomic E-state index is 0.0734. The van der Waals surface area contributed by atoms with Gasteiger partial charge in [-0.1, -0.05) is 11.6 Å².